The maximum atomic E-state index is 11.7. The van der Waals surface area contributed by atoms with Gasteiger partial charge in [0.2, 0.25) is 0 Å². The molecule has 94 valence electrons. The SMILES string of the molecule is CCc1nccn1C1(C(=O)O)CCC(C)CC1. The van der Waals surface area contributed by atoms with Crippen LogP contribution in [0.2, 0.25) is 0 Å². The van der Waals surface area contributed by atoms with Crippen LogP contribution in [-0.4, -0.2) is 20.6 Å². The maximum absolute atomic E-state index is 11.7. The van der Waals surface area contributed by atoms with E-state index in [0.717, 1.165) is 25.1 Å². The van der Waals surface area contributed by atoms with E-state index in [4.69, 9.17) is 0 Å². The number of aliphatic carboxylic acids is 1. The summed E-state index contributed by atoms with van der Waals surface area (Å²) in [5.74, 6) is 0.801. The van der Waals surface area contributed by atoms with Crippen molar-refractivity contribution in [1.82, 2.24) is 9.55 Å². The van der Waals surface area contributed by atoms with Crippen LogP contribution in [-0.2, 0) is 16.8 Å². The molecular formula is C13H20N2O2. The summed E-state index contributed by atoms with van der Waals surface area (Å²) in [5, 5.41) is 9.62. The normalized spacial score (nSPS) is 29.2. The van der Waals surface area contributed by atoms with E-state index in [-0.39, 0.29) is 0 Å². The molecule has 1 heterocycles. The molecule has 1 saturated carbocycles. The highest BCUT2D eigenvalue weighted by molar-refractivity contribution is 5.77. The van der Waals surface area contributed by atoms with Crippen LogP contribution in [0.3, 0.4) is 0 Å². The van der Waals surface area contributed by atoms with Crippen molar-refractivity contribution in [2.24, 2.45) is 5.92 Å². The Morgan fingerprint density at radius 1 is 1.59 bits per heavy atom. The smallest absolute Gasteiger partial charge is 0.329 e. The van der Waals surface area contributed by atoms with E-state index < -0.39 is 11.5 Å². The number of nitrogens with zero attached hydrogens (tertiary/aromatic N) is 2. The zero-order chi connectivity index (χ0) is 12.5. The predicted octanol–water partition coefficient (Wildman–Crippen LogP) is 2.44. The molecule has 1 aliphatic carbocycles. The Morgan fingerprint density at radius 2 is 2.24 bits per heavy atom. The molecule has 0 radical (unpaired) electrons. The third-order valence-electron chi connectivity index (χ3n) is 3.99. The molecule has 17 heavy (non-hydrogen) atoms. The Hall–Kier alpha value is -1.32. The summed E-state index contributed by atoms with van der Waals surface area (Å²) < 4.78 is 1.89. The third kappa shape index (κ3) is 1.96. The van der Waals surface area contributed by atoms with Gasteiger partial charge in [0, 0.05) is 18.8 Å². The molecule has 0 aromatic carbocycles. The largest absolute Gasteiger partial charge is 0.479 e. The monoisotopic (exact) mass is 236 g/mol. The first kappa shape index (κ1) is 12.1. The van der Waals surface area contributed by atoms with Crippen LogP contribution >= 0.6 is 0 Å². The van der Waals surface area contributed by atoms with E-state index >= 15 is 0 Å². The Labute approximate surface area is 102 Å². The van der Waals surface area contributed by atoms with Crippen molar-refractivity contribution in [3.63, 3.8) is 0 Å². The standard InChI is InChI=1S/C13H20N2O2/c1-3-11-14-8-9-15(11)13(12(16)17)6-4-10(2)5-7-13/h8-10H,3-7H2,1-2H3,(H,16,17). The van der Waals surface area contributed by atoms with Crippen molar-refractivity contribution in [3.8, 4) is 0 Å². The van der Waals surface area contributed by atoms with Crippen LogP contribution in [0.15, 0.2) is 12.4 Å². The van der Waals surface area contributed by atoms with E-state index in [0.29, 0.717) is 18.8 Å². The molecule has 0 atom stereocenters. The molecular weight excluding hydrogens is 216 g/mol. The van der Waals surface area contributed by atoms with Gasteiger partial charge < -0.3 is 9.67 Å². The highest BCUT2D eigenvalue weighted by Gasteiger charge is 2.43. The molecule has 2 rings (SSSR count). The number of imidazole rings is 1. The third-order valence-corrected chi connectivity index (χ3v) is 3.99. The lowest BCUT2D eigenvalue weighted by Crippen LogP contribution is -2.45. The molecule has 1 aromatic heterocycles. The molecule has 0 saturated heterocycles. The van der Waals surface area contributed by atoms with Crippen molar-refractivity contribution in [2.75, 3.05) is 0 Å². The highest BCUT2D eigenvalue weighted by Crippen LogP contribution is 2.38. The number of carbonyl (C=O) groups is 1. The number of hydrogen-bond donors (Lipinski definition) is 1. The minimum absolute atomic E-state index is 0.635. The Morgan fingerprint density at radius 3 is 2.76 bits per heavy atom. The Bertz CT molecular complexity index is 403. The van der Waals surface area contributed by atoms with E-state index in [1.54, 1.807) is 6.20 Å². The molecule has 1 aromatic rings. The van der Waals surface area contributed by atoms with Crippen LogP contribution in [0.4, 0.5) is 0 Å². The van der Waals surface area contributed by atoms with Crippen LogP contribution in [0.5, 0.6) is 0 Å². The molecule has 4 nitrogen and oxygen atoms in total. The van der Waals surface area contributed by atoms with E-state index in [1.807, 2.05) is 17.7 Å². The number of rotatable bonds is 3. The van der Waals surface area contributed by atoms with Gasteiger partial charge in [0.15, 0.2) is 0 Å². The van der Waals surface area contributed by atoms with E-state index in [2.05, 4.69) is 11.9 Å². The van der Waals surface area contributed by atoms with Gasteiger partial charge in [0.1, 0.15) is 11.4 Å². The Kier molecular flexibility index (Phi) is 3.22. The first-order valence-electron chi connectivity index (χ1n) is 6.36. The zero-order valence-corrected chi connectivity index (χ0v) is 10.5. The molecule has 0 unspecified atom stereocenters. The van der Waals surface area contributed by atoms with Crippen molar-refractivity contribution in [1.29, 1.82) is 0 Å². The summed E-state index contributed by atoms with van der Waals surface area (Å²) in [6.07, 6.45) is 7.70. The topological polar surface area (TPSA) is 55.1 Å². The molecule has 0 amide bonds. The summed E-state index contributed by atoms with van der Waals surface area (Å²) in [4.78, 5) is 16.0. The number of hydrogen-bond acceptors (Lipinski definition) is 2. The van der Waals surface area contributed by atoms with Crippen LogP contribution in [0.25, 0.3) is 0 Å². The van der Waals surface area contributed by atoms with Gasteiger partial charge in [-0.05, 0) is 31.6 Å². The molecule has 1 fully saturated rings. The van der Waals surface area contributed by atoms with Gasteiger partial charge in [-0.1, -0.05) is 13.8 Å². The lowest BCUT2D eigenvalue weighted by atomic mass is 9.77. The fraction of sp³-hybridized carbons (Fsp3) is 0.692. The van der Waals surface area contributed by atoms with Gasteiger partial charge in [0.05, 0.1) is 0 Å². The van der Waals surface area contributed by atoms with Crippen LogP contribution < -0.4 is 0 Å². The van der Waals surface area contributed by atoms with E-state index in [9.17, 15) is 9.90 Å². The second-order valence-electron chi connectivity index (χ2n) is 5.09. The fourth-order valence-electron chi connectivity index (χ4n) is 2.78. The summed E-state index contributed by atoms with van der Waals surface area (Å²) in [5.41, 5.74) is -0.756. The molecule has 0 aliphatic heterocycles. The van der Waals surface area contributed by atoms with E-state index in [1.165, 1.54) is 0 Å². The summed E-state index contributed by atoms with van der Waals surface area (Å²) in [7, 11) is 0. The van der Waals surface area contributed by atoms with Gasteiger partial charge in [-0.2, -0.15) is 0 Å². The number of carboxylic acids is 1. The molecule has 0 bridgehead atoms. The average molecular weight is 236 g/mol. The van der Waals surface area contributed by atoms with Gasteiger partial charge in [-0.3, -0.25) is 0 Å². The second-order valence-corrected chi connectivity index (χ2v) is 5.09. The lowest BCUT2D eigenvalue weighted by Gasteiger charge is -2.37. The highest BCUT2D eigenvalue weighted by atomic mass is 16.4. The molecule has 0 spiro atoms. The number of aromatic nitrogens is 2. The molecule has 1 aliphatic rings. The van der Waals surface area contributed by atoms with Crippen molar-refractivity contribution >= 4 is 5.97 Å². The number of carboxylic acid groups (broad SMARTS) is 1. The van der Waals surface area contributed by atoms with Crippen LogP contribution in [0.1, 0.15) is 45.4 Å². The van der Waals surface area contributed by atoms with Gasteiger partial charge >= 0.3 is 5.97 Å². The average Bonchev–Trinajstić information content (AvgIpc) is 2.78. The van der Waals surface area contributed by atoms with Gasteiger partial charge in [0.25, 0.3) is 0 Å². The fourth-order valence-corrected chi connectivity index (χ4v) is 2.78. The lowest BCUT2D eigenvalue weighted by molar-refractivity contribution is -0.150. The minimum atomic E-state index is -0.756. The number of aryl methyl sites for hydroxylation is 1. The Balaban J connectivity index is 2.38. The first-order valence-corrected chi connectivity index (χ1v) is 6.36. The quantitative estimate of drug-likeness (QED) is 0.877. The van der Waals surface area contributed by atoms with Crippen molar-refractivity contribution in [3.05, 3.63) is 18.2 Å². The van der Waals surface area contributed by atoms with Crippen LogP contribution in [0, 0.1) is 5.92 Å². The predicted molar refractivity (Wildman–Crippen MR) is 64.8 cm³/mol. The van der Waals surface area contributed by atoms with Gasteiger partial charge in [-0.25, -0.2) is 9.78 Å². The van der Waals surface area contributed by atoms with Crippen molar-refractivity contribution < 1.29 is 9.90 Å². The maximum Gasteiger partial charge on any atom is 0.329 e. The molecule has 1 N–H and O–H groups in total. The summed E-state index contributed by atoms with van der Waals surface area (Å²) in [6, 6.07) is 0. The summed E-state index contributed by atoms with van der Waals surface area (Å²) >= 11 is 0. The molecule has 4 heteroatoms. The van der Waals surface area contributed by atoms with Crippen molar-refractivity contribution in [2.45, 2.75) is 51.5 Å². The summed E-state index contributed by atoms with van der Waals surface area (Å²) in [6.45, 7) is 4.21. The first-order chi connectivity index (χ1) is 8.10. The zero-order valence-electron chi connectivity index (χ0n) is 10.5. The van der Waals surface area contributed by atoms with Gasteiger partial charge in [-0.15, -0.1) is 0 Å². The second kappa shape index (κ2) is 4.51. The minimum Gasteiger partial charge on any atom is -0.479 e.